The highest BCUT2D eigenvalue weighted by molar-refractivity contribution is 5.67. The summed E-state index contributed by atoms with van der Waals surface area (Å²) < 4.78 is 66.1. The van der Waals surface area contributed by atoms with Crippen molar-refractivity contribution in [2.45, 2.75) is 104 Å². The second kappa shape index (κ2) is 43.9. The van der Waals surface area contributed by atoms with Crippen LogP contribution in [0.5, 0.6) is 0 Å². The van der Waals surface area contributed by atoms with Crippen LogP contribution in [0, 0.1) is 0 Å². The summed E-state index contributed by atoms with van der Waals surface area (Å²) in [5.41, 5.74) is -0.509. The molecule has 0 heterocycles. The van der Waals surface area contributed by atoms with Gasteiger partial charge in [-0.15, -0.1) is 0 Å². The molecule has 0 bridgehead atoms. The molecule has 330 valence electrons. The summed E-state index contributed by atoms with van der Waals surface area (Å²) in [4.78, 5) is 13.4. The summed E-state index contributed by atoms with van der Waals surface area (Å²) in [6, 6.07) is 0. The molecule has 0 radical (unpaired) electrons. The molecule has 0 unspecified atom stereocenters. The fourth-order valence-electron chi connectivity index (χ4n) is 4.80. The zero-order valence-electron chi connectivity index (χ0n) is 35.8. The lowest BCUT2D eigenvalue weighted by molar-refractivity contribution is -0.0277. The minimum absolute atomic E-state index is 0.362. The van der Waals surface area contributed by atoms with Gasteiger partial charge in [0.15, 0.2) is 0 Å². The highest BCUT2D eigenvalue weighted by Gasteiger charge is 2.19. The second-order valence-electron chi connectivity index (χ2n) is 14.2. The minimum Gasteiger partial charge on any atom is -0.444 e. The van der Waals surface area contributed by atoms with E-state index in [0.717, 1.165) is 13.0 Å². The number of ether oxygens (including phenoxy) is 12. The van der Waals surface area contributed by atoms with E-state index in [1.54, 1.807) is 7.05 Å². The number of amides is 1. The topological polar surface area (TPSA) is 131 Å². The van der Waals surface area contributed by atoms with Gasteiger partial charge in [-0.25, -0.2) is 4.79 Å². The molecule has 0 aliphatic heterocycles. The summed E-state index contributed by atoms with van der Waals surface area (Å²) >= 11 is 0. The molecule has 0 aliphatic rings. The van der Waals surface area contributed by atoms with Gasteiger partial charge in [-0.05, 0) is 27.2 Å². The molecule has 0 aromatic carbocycles. The number of carbonyl (C=O) groups is 1. The van der Waals surface area contributed by atoms with Crippen molar-refractivity contribution < 1.29 is 61.6 Å². The first-order chi connectivity index (χ1) is 26.9. The maximum atomic E-state index is 11.9. The number of rotatable bonds is 45. The maximum absolute atomic E-state index is 11.9. The molecule has 0 N–H and O–H groups in total. The van der Waals surface area contributed by atoms with E-state index in [4.69, 9.17) is 56.8 Å². The molecule has 0 aromatic heterocycles. The van der Waals surface area contributed by atoms with Gasteiger partial charge in [-0.2, -0.15) is 0 Å². The first-order valence-corrected chi connectivity index (χ1v) is 21.2. The average Bonchev–Trinajstić information content (AvgIpc) is 3.15. The lowest BCUT2D eigenvalue weighted by Crippen LogP contribution is -2.36. The molecule has 0 rings (SSSR count). The van der Waals surface area contributed by atoms with Crippen LogP contribution < -0.4 is 0 Å². The molecule has 0 aliphatic carbocycles. The molecule has 14 heteroatoms. The molecule has 0 aromatic rings. The van der Waals surface area contributed by atoms with Gasteiger partial charge < -0.3 is 61.7 Å². The van der Waals surface area contributed by atoms with Gasteiger partial charge in [0.25, 0.3) is 0 Å². The summed E-state index contributed by atoms with van der Waals surface area (Å²) in [5, 5.41) is 0. The van der Waals surface area contributed by atoms with Crippen molar-refractivity contribution in [3.05, 3.63) is 0 Å². The van der Waals surface area contributed by atoms with Gasteiger partial charge in [0.2, 0.25) is 0 Å². The van der Waals surface area contributed by atoms with Crippen LogP contribution in [-0.4, -0.2) is 176 Å². The molecule has 0 saturated heterocycles. The monoisotopic (exact) mass is 798 g/mol. The Hall–Kier alpha value is -1.17. The average molecular weight is 798 g/mol. The molecule has 1 amide bonds. The zero-order valence-corrected chi connectivity index (χ0v) is 35.8. The van der Waals surface area contributed by atoms with Crippen molar-refractivity contribution in [3.8, 4) is 0 Å². The van der Waals surface area contributed by atoms with E-state index >= 15 is 0 Å². The van der Waals surface area contributed by atoms with Gasteiger partial charge in [0.1, 0.15) is 5.60 Å². The predicted molar refractivity (Wildman–Crippen MR) is 214 cm³/mol. The minimum atomic E-state index is -0.509. The fraction of sp³-hybridized carbons (Fsp3) is 0.976. The Kier molecular flexibility index (Phi) is 43.0. The molecular weight excluding hydrogens is 714 g/mol. The number of unbranched alkanes of at least 4 members (excludes halogenated alkanes) is 10. The Morgan fingerprint density at radius 3 is 0.873 bits per heavy atom. The van der Waals surface area contributed by atoms with E-state index in [0.29, 0.717) is 145 Å². The molecule has 0 atom stereocenters. The van der Waals surface area contributed by atoms with Crippen LogP contribution in [-0.2, 0) is 56.8 Å². The molecule has 0 saturated carbocycles. The van der Waals surface area contributed by atoms with Gasteiger partial charge >= 0.3 is 6.09 Å². The Morgan fingerprint density at radius 2 is 0.600 bits per heavy atom. The summed E-state index contributed by atoms with van der Waals surface area (Å²) in [6.07, 6.45) is 14.5. The summed E-state index contributed by atoms with van der Waals surface area (Å²) in [7, 11) is 1.69. The SMILES string of the molecule is CCCCCCCCCCCCCOCCOCCOCCOCCOCCOCCOCCOCCOCCOCCOCCN(C)C(=O)OC(C)(C)C. The van der Waals surface area contributed by atoms with E-state index in [1.165, 1.54) is 69.1 Å². The van der Waals surface area contributed by atoms with Crippen LogP contribution in [0.1, 0.15) is 98.3 Å². The van der Waals surface area contributed by atoms with Gasteiger partial charge in [0, 0.05) is 20.2 Å². The largest absolute Gasteiger partial charge is 0.444 e. The summed E-state index contributed by atoms with van der Waals surface area (Å²) in [6.45, 7) is 19.8. The van der Waals surface area contributed by atoms with Crippen molar-refractivity contribution in [2.24, 2.45) is 0 Å². The molecule has 55 heavy (non-hydrogen) atoms. The smallest absolute Gasteiger partial charge is 0.410 e. The van der Waals surface area contributed by atoms with Gasteiger partial charge in [-0.3, -0.25) is 0 Å². The standard InChI is InChI=1S/C41H83NO13/c1-6-7-8-9-10-11-12-13-14-15-16-18-44-20-22-46-24-26-48-28-30-50-32-34-52-36-38-54-39-37-53-35-33-51-31-29-49-27-25-47-23-21-45-19-17-42(5)40(43)55-41(2,3)4/h6-39H2,1-5H3. The molecule has 0 fully saturated rings. The fourth-order valence-corrected chi connectivity index (χ4v) is 4.80. The van der Waals surface area contributed by atoms with Gasteiger partial charge in [0.05, 0.1) is 139 Å². The summed E-state index contributed by atoms with van der Waals surface area (Å²) in [5.74, 6) is 0. The third-order valence-corrected chi connectivity index (χ3v) is 7.89. The Labute approximate surface area is 335 Å². The van der Waals surface area contributed by atoms with Crippen LogP contribution in [0.2, 0.25) is 0 Å². The van der Waals surface area contributed by atoms with Crippen LogP contribution in [0.3, 0.4) is 0 Å². The van der Waals surface area contributed by atoms with E-state index in [2.05, 4.69) is 6.92 Å². The molecular formula is C41H83NO13. The van der Waals surface area contributed by atoms with E-state index < -0.39 is 5.60 Å². The van der Waals surface area contributed by atoms with E-state index in [9.17, 15) is 4.79 Å². The van der Waals surface area contributed by atoms with E-state index in [-0.39, 0.29) is 6.09 Å². The first-order valence-electron chi connectivity index (χ1n) is 21.2. The number of carbonyl (C=O) groups excluding carboxylic acids is 1. The van der Waals surface area contributed by atoms with Gasteiger partial charge in [-0.1, -0.05) is 71.1 Å². The third-order valence-electron chi connectivity index (χ3n) is 7.89. The Bertz CT molecular complexity index is 760. The van der Waals surface area contributed by atoms with Crippen molar-refractivity contribution in [1.29, 1.82) is 0 Å². The third kappa shape index (κ3) is 47.1. The van der Waals surface area contributed by atoms with Crippen molar-refractivity contribution in [2.75, 3.05) is 159 Å². The lowest BCUT2D eigenvalue weighted by atomic mass is 10.1. The highest BCUT2D eigenvalue weighted by atomic mass is 16.6. The normalized spacial score (nSPS) is 11.8. The van der Waals surface area contributed by atoms with E-state index in [1.807, 2.05) is 20.8 Å². The zero-order chi connectivity index (χ0) is 40.2. The first kappa shape index (κ1) is 53.8. The second-order valence-corrected chi connectivity index (χ2v) is 14.2. The van der Waals surface area contributed by atoms with Crippen LogP contribution >= 0.6 is 0 Å². The Morgan fingerprint density at radius 1 is 0.364 bits per heavy atom. The number of likely N-dealkylation sites (N-methyl/N-ethyl adjacent to an activating group) is 1. The maximum Gasteiger partial charge on any atom is 0.410 e. The quantitative estimate of drug-likeness (QED) is 0.0636. The van der Waals surface area contributed by atoms with Crippen LogP contribution in [0.15, 0.2) is 0 Å². The number of nitrogens with zero attached hydrogens (tertiary/aromatic N) is 1. The van der Waals surface area contributed by atoms with Crippen molar-refractivity contribution in [3.63, 3.8) is 0 Å². The van der Waals surface area contributed by atoms with Crippen molar-refractivity contribution >= 4 is 6.09 Å². The number of hydrogen-bond acceptors (Lipinski definition) is 13. The van der Waals surface area contributed by atoms with Crippen LogP contribution in [0.25, 0.3) is 0 Å². The molecule has 14 nitrogen and oxygen atoms in total. The molecule has 0 spiro atoms. The highest BCUT2D eigenvalue weighted by Crippen LogP contribution is 2.11. The van der Waals surface area contributed by atoms with Crippen LogP contribution in [0.4, 0.5) is 4.79 Å². The van der Waals surface area contributed by atoms with Crippen molar-refractivity contribution in [1.82, 2.24) is 4.90 Å². The number of hydrogen-bond donors (Lipinski definition) is 0. The Balaban J connectivity index is 3.12. The lowest BCUT2D eigenvalue weighted by Gasteiger charge is -2.24. The predicted octanol–water partition coefficient (Wildman–Crippen LogP) is 6.35.